The second kappa shape index (κ2) is 5.85. The first kappa shape index (κ1) is 15.5. The summed E-state index contributed by atoms with van der Waals surface area (Å²) in [5.41, 5.74) is 2.98. The van der Waals surface area contributed by atoms with E-state index in [4.69, 9.17) is 9.42 Å². The van der Waals surface area contributed by atoms with E-state index in [0.717, 1.165) is 28.5 Å². The lowest BCUT2D eigenvalue weighted by Crippen LogP contribution is -2.29. The molecular weight excluding hydrogens is 278 g/mol. The van der Waals surface area contributed by atoms with Gasteiger partial charge in [0.15, 0.2) is 0 Å². The Labute approximate surface area is 127 Å². The summed E-state index contributed by atoms with van der Waals surface area (Å²) in [5, 5.41) is 4.39. The molecule has 0 fully saturated rings. The smallest absolute Gasteiger partial charge is 0.242 e. The van der Waals surface area contributed by atoms with Crippen molar-refractivity contribution in [1.29, 1.82) is 0 Å². The van der Waals surface area contributed by atoms with Gasteiger partial charge in [-0.3, -0.25) is 0 Å². The van der Waals surface area contributed by atoms with Gasteiger partial charge in [-0.15, -0.1) is 0 Å². The zero-order chi connectivity index (χ0) is 15.6. The lowest BCUT2D eigenvalue weighted by Gasteiger charge is -2.21. The summed E-state index contributed by atoms with van der Waals surface area (Å²) < 4.78 is 7.95. The summed E-state index contributed by atoms with van der Waals surface area (Å²) in [5.74, 6) is 1.69. The Balaban J connectivity index is 2.43. The first-order chi connectivity index (χ1) is 9.76. The molecule has 1 aromatic carbocycles. The molecule has 2 rings (SSSR count). The maximum Gasteiger partial charge on any atom is 0.242 e. The second-order valence-electron chi connectivity index (χ2n) is 6.20. The lowest BCUT2D eigenvalue weighted by atomic mass is 10.2. The monoisotopic (exact) mass is 301 g/mol. The Morgan fingerprint density at radius 2 is 1.90 bits per heavy atom. The van der Waals surface area contributed by atoms with E-state index in [1.807, 2.05) is 38.2 Å². The molecule has 112 valence electrons. The van der Waals surface area contributed by atoms with Gasteiger partial charge in [-0.25, -0.2) is 9.67 Å². The van der Waals surface area contributed by atoms with Crippen LogP contribution in [-0.4, -0.2) is 23.9 Å². The van der Waals surface area contributed by atoms with Crippen LogP contribution in [0.2, 0.25) is 19.6 Å². The van der Waals surface area contributed by atoms with E-state index in [-0.39, 0.29) is 0 Å². The second-order valence-corrected chi connectivity index (χ2v) is 10.6. The Hall–Kier alpha value is -1.88. The number of aliphatic imine (C=N–C) groups is 1. The van der Waals surface area contributed by atoms with E-state index in [9.17, 15) is 0 Å². The normalized spacial score (nSPS) is 12.6. The third-order valence-corrected chi connectivity index (χ3v) is 3.78. The largest absolute Gasteiger partial charge is 0.543 e. The fourth-order valence-electron chi connectivity index (χ4n) is 2.00. The van der Waals surface area contributed by atoms with Gasteiger partial charge in [0.2, 0.25) is 8.32 Å². The van der Waals surface area contributed by atoms with Gasteiger partial charge in [0.25, 0.3) is 0 Å². The summed E-state index contributed by atoms with van der Waals surface area (Å²) in [4.78, 5) is 4.74. The molecule has 0 radical (unpaired) electrons. The van der Waals surface area contributed by atoms with Crippen molar-refractivity contribution >= 4 is 19.8 Å². The molecule has 21 heavy (non-hydrogen) atoms. The van der Waals surface area contributed by atoms with E-state index < -0.39 is 8.32 Å². The predicted molar refractivity (Wildman–Crippen MR) is 90.3 cm³/mol. The number of nitrogens with zero attached hydrogens (tertiary/aromatic N) is 3. The van der Waals surface area contributed by atoms with Crippen molar-refractivity contribution < 1.29 is 4.43 Å². The number of para-hydroxylation sites is 1. The molecule has 0 atom stereocenters. The van der Waals surface area contributed by atoms with Crippen LogP contribution in [0.4, 0.5) is 5.69 Å². The maximum atomic E-state index is 6.16. The molecule has 0 bridgehead atoms. The molecule has 1 heterocycles. The lowest BCUT2D eigenvalue weighted by molar-refractivity contribution is 0.558. The van der Waals surface area contributed by atoms with Crippen molar-refractivity contribution in [1.82, 2.24) is 9.78 Å². The molecule has 2 aromatic rings. The molecule has 0 saturated carbocycles. The standard InChI is InChI=1S/C16H23N3OSi/c1-12-8-7-9-15(20-21(4,5)6)16(12)17-14(3)19-11-10-13(2)18-19/h7-11H,1-6H3. The van der Waals surface area contributed by atoms with Crippen molar-refractivity contribution in [2.75, 3.05) is 0 Å². The molecule has 0 spiro atoms. The van der Waals surface area contributed by atoms with Crippen molar-refractivity contribution in [3.8, 4) is 5.75 Å². The molecular formula is C16H23N3OSi. The molecule has 0 aliphatic rings. The highest BCUT2D eigenvalue weighted by Gasteiger charge is 2.19. The number of hydrogen-bond donors (Lipinski definition) is 0. The van der Waals surface area contributed by atoms with Gasteiger partial charge >= 0.3 is 0 Å². The zero-order valence-corrected chi connectivity index (χ0v) is 14.6. The molecule has 0 amide bonds. The number of rotatable bonds is 3. The molecule has 0 unspecified atom stereocenters. The van der Waals surface area contributed by atoms with Crippen LogP contribution < -0.4 is 4.43 Å². The van der Waals surface area contributed by atoms with Crippen LogP contribution in [0.5, 0.6) is 5.75 Å². The topological polar surface area (TPSA) is 39.4 Å². The molecule has 0 aliphatic heterocycles. The van der Waals surface area contributed by atoms with Crippen LogP contribution in [-0.2, 0) is 0 Å². The quantitative estimate of drug-likeness (QED) is 0.481. The SMILES string of the molecule is CC(=Nc1c(C)cccc1O[Si](C)(C)C)n1ccc(C)n1. The van der Waals surface area contributed by atoms with E-state index in [0.29, 0.717) is 0 Å². The Morgan fingerprint density at radius 1 is 1.19 bits per heavy atom. The average Bonchev–Trinajstić information content (AvgIpc) is 2.78. The van der Waals surface area contributed by atoms with Crippen molar-refractivity contribution in [2.45, 2.75) is 40.4 Å². The number of hydrogen-bond acceptors (Lipinski definition) is 3. The van der Waals surface area contributed by atoms with Crippen molar-refractivity contribution in [2.24, 2.45) is 4.99 Å². The highest BCUT2D eigenvalue weighted by molar-refractivity contribution is 6.70. The van der Waals surface area contributed by atoms with Gasteiger partial charge in [0, 0.05) is 6.20 Å². The van der Waals surface area contributed by atoms with Crippen molar-refractivity contribution in [3.63, 3.8) is 0 Å². The van der Waals surface area contributed by atoms with Gasteiger partial charge in [-0.1, -0.05) is 12.1 Å². The van der Waals surface area contributed by atoms with Gasteiger partial charge in [-0.2, -0.15) is 5.10 Å². The summed E-state index contributed by atoms with van der Waals surface area (Å²) in [6, 6.07) is 8.02. The van der Waals surface area contributed by atoms with Gasteiger partial charge < -0.3 is 4.43 Å². The minimum absolute atomic E-state index is 0.831. The average molecular weight is 301 g/mol. The fourth-order valence-corrected chi connectivity index (χ4v) is 2.82. The van der Waals surface area contributed by atoms with E-state index in [1.54, 1.807) is 4.68 Å². The summed E-state index contributed by atoms with van der Waals surface area (Å²) >= 11 is 0. The first-order valence-electron chi connectivity index (χ1n) is 7.13. The van der Waals surface area contributed by atoms with Crippen LogP contribution >= 0.6 is 0 Å². The molecule has 0 saturated heterocycles. The van der Waals surface area contributed by atoms with Gasteiger partial charge in [0.05, 0.1) is 5.69 Å². The third-order valence-electron chi connectivity index (χ3n) is 2.94. The number of aryl methyl sites for hydroxylation is 2. The molecule has 5 heteroatoms. The van der Waals surface area contributed by atoms with E-state index in [2.05, 4.69) is 37.7 Å². The Kier molecular flexibility index (Phi) is 4.32. The van der Waals surface area contributed by atoms with Gasteiger partial charge in [0.1, 0.15) is 17.3 Å². The highest BCUT2D eigenvalue weighted by Crippen LogP contribution is 2.33. The number of benzene rings is 1. The zero-order valence-electron chi connectivity index (χ0n) is 13.6. The number of aromatic nitrogens is 2. The van der Waals surface area contributed by atoms with Crippen LogP contribution in [0.15, 0.2) is 35.5 Å². The third kappa shape index (κ3) is 4.04. The molecule has 0 aliphatic carbocycles. The van der Waals surface area contributed by atoms with Crippen LogP contribution in [0, 0.1) is 13.8 Å². The minimum atomic E-state index is -1.67. The Morgan fingerprint density at radius 3 is 2.48 bits per heavy atom. The van der Waals surface area contributed by atoms with Crippen LogP contribution in [0.1, 0.15) is 18.2 Å². The van der Waals surface area contributed by atoms with Crippen LogP contribution in [0.25, 0.3) is 0 Å². The first-order valence-corrected chi connectivity index (χ1v) is 10.5. The van der Waals surface area contributed by atoms with Crippen LogP contribution in [0.3, 0.4) is 0 Å². The summed E-state index contributed by atoms with van der Waals surface area (Å²) in [7, 11) is -1.67. The highest BCUT2D eigenvalue weighted by atomic mass is 28.4. The van der Waals surface area contributed by atoms with Crippen molar-refractivity contribution in [3.05, 3.63) is 41.7 Å². The van der Waals surface area contributed by atoms with E-state index in [1.165, 1.54) is 0 Å². The maximum absolute atomic E-state index is 6.16. The summed E-state index contributed by atoms with van der Waals surface area (Å²) in [6.07, 6.45) is 1.92. The molecule has 1 aromatic heterocycles. The molecule has 0 N–H and O–H groups in total. The van der Waals surface area contributed by atoms with Gasteiger partial charge in [-0.05, 0) is 58.1 Å². The predicted octanol–water partition coefficient (Wildman–Crippen LogP) is 4.31. The molecule has 4 nitrogen and oxygen atoms in total. The Bertz CT molecular complexity index is 668. The fraction of sp³-hybridized carbons (Fsp3) is 0.375. The minimum Gasteiger partial charge on any atom is -0.543 e. The van der Waals surface area contributed by atoms with E-state index >= 15 is 0 Å². The summed E-state index contributed by atoms with van der Waals surface area (Å²) in [6.45, 7) is 12.5.